The number of esters is 1. The van der Waals surface area contributed by atoms with E-state index in [0.29, 0.717) is 17.7 Å². The summed E-state index contributed by atoms with van der Waals surface area (Å²) in [6.45, 7) is 7.93. The molecule has 1 aromatic heterocycles. The maximum absolute atomic E-state index is 12.9. The highest BCUT2D eigenvalue weighted by atomic mass is 16.5. The van der Waals surface area contributed by atoms with Gasteiger partial charge in [0.25, 0.3) is 0 Å². The fourth-order valence-electron chi connectivity index (χ4n) is 4.00. The first-order valence-electron chi connectivity index (χ1n) is 9.45. The predicted octanol–water partition coefficient (Wildman–Crippen LogP) is 5.59. The fraction of sp³-hybridized carbons (Fsp3) is 0.208. The molecule has 0 amide bonds. The van der Waals surface area contributed by atoms with E-state index < -0.39 is 0 Å². The topological polar surface area (TPSA) is 51.5 Å². The van der Waals surface area contributed by atoms with Crippen LogP contribution in [0.25, 0.3) is 27.4 Å². The molecule has 0 atom stereocenters. The molecule has 0 aliphatic carbocycles. The lowest BCUT2D eigenvalue weighted by Crippen LogP contribution is -2.07. The monoisotopic (exact) mass is 373 g/mol. The number of hydrogen-bond acceptors (Lipinski definition) is 3. The Hall–Kier alpha value is -3.27. The van der Waals surface area contributed by atoms with Crippen LogP contribution in [0.5, 0.6) is 5.75 Å². The third-order valence-corrected chi connectivity index (χ3v) is 5.35. The Labute approximate surface area is 164 Å². The molecule has 1 heterocycles. The van der Waals surface area contributed by atoms with Gasteiger partial charge < -0.3 is 14.4 Å². The molecule has 0 bridgehead atoms. The Morgan fingerprint density at radius 3 is 2.29 bits per heavy atom. The Kier molecular flexibility index (Phi) is 4.34. The number of phenolic OH excluding ortho intramolecular Hbond substituents is 1. The molecule has 0 saturated heterocycles. The first kappa shape index (κ1) is 18.1. The Morgan fingerprint density at radius 2 is 1.64 bits per heavy atom. The zero-order valence-corrected chi connectivity index (χ0v) is 16.5. The number of carbonyl (C=O) groups excluding carboxylic acids is 1. The third-order valence-electron chi connectivity index (χ3n) is 5.35. The smallest absolute Gasteiger partial charge is 0.340 e. The minimum atomic E-state index is -0.367. The summed E-state index contributed by atoms with van der Waals surface area (Å²) in [4.78, 5) is 12.9. The van der Waals surface area contributed by atoms with E-state index in [9.17, 15) is 9.90 Å². The zero-order chi connectivity index (χ0) is 20.0. The van der Waals surface area contributed by atoms with Crippen molar-refractivity contribution in [1.82, 2.24) is 4.57 Å². The second-order valence-corrected chi connectivity index (χ2v) is 7.09. The standard InChI is InChI=1S/C24H23NO3/c1-5-28-24(27)21-16(4)25(17-12-10-14(2)11-13-17)22-18-8-6-7-9-19(18)23(26)15(3)20(21)22/h6-13,26H,5H2,1-4H3. The molecule has 28 heavy (non-hydrogen) atoms. The molecule has 4 nitrogen and oxygen atoms in total. The van der Waals surface area contributed by atoms with Gasteiger partial charge in [-0.1, -0.05) is 42.0 Å². The highest BCUT2D eigenvalue weighted by Crippen LogP contribution is 2.42. The van der Waals surface area contributed by atoms with Gasteiger partial charge in [-0.3, -0.25) is 0 Å². The molecule has 0 fully saturated rings. The predicted molar refractivity (Wildman–Crippen MR) is 113 cm³/mol. The molecular formula is C24H23NO3. The highest BCUT2D eigenvalue weighted by Gasteiger charge is 2.26. The minimum absolute atomic E-state index is 0.203. The van der Waals surface area contributed by atoms with E-state index in [1.807, 2.05) is 57.2 Å². The van der Waals surface area contributed by atoms with E-state index in [-0.39, 0.29) is 11.7 Å². The number of ether oxygens (including phenoxy) is 1. The van der Waals surface area contributed by atoms with E-state index in [1.54, 1.807) is 6.92 Å². The van der Waals surface area contributed by atoms with Gasteiger partial charge in [-0.25, -0.2) is 4.79 Å². The summed E-state index contributed by atoms with van der Waals surface area (Å²) in [7, 11) is 0. The lowest BCUT2D eigenvalue weighted by Gasteiger charge is -2.13. The zero-order valence-electron chi connectivity index (χ0n) is 16.5. The van der Waals surface area contributed by atoms with Gasteiger partial charge in [0, 0.05) is 33.1 Å². The van der Waals surface area contributed by atoms with Crippen molar-refractivity contribution in [2.45, 2.75) is 27.7 Å². The largest absolute Gasteiger partial charge is 0.507 e. The lowest BCUT2D eigenvalue weighted by molar-refractivity contribution is 0.0527. The second kappa shape index (κ2) is 6.71. The van der Waals surface area contributed by atoms with Crippen molar-refractivity contribution in [2.24, 2.45) is 0 Å². The molecule has 0 aliphatic heterocycles. The van der Waals surface area contributed by atoms with Gasteiger partial charge in [-0.05, 0) is 39.8 Å². The molecule has 0 spiro atoms. The minimum Gasteiger partial charge on any atom is -0.507 e. The van der Waals surface area contributed by atoms with Crippen molar-refractivity contribution in [3.8, 4) is 11.4 Å². The summed E-state index contributed by atoms with van der Waals surface area (Å²) < 4.78 is 7.45. The molecule has 4 heteroatoms. The number of aromatic hydroxyl groups is 1. The first-order valence-corrected chi connectivity index (χ1v) is 9.45. The second-order valence-electron chi connectivity index (χ2n) is 7.09. The number of aryl methyl sites for hydroxylation is 2. The van der Waals surface area contributed by atoms with Gasteiger partial charge in [0.2, 0.25) is 0 Å². The van der Waals surface area contributed by atoms with Crippen LogP contribution in [0.15, 0.2) is 48.5 Å². The maximum Gasteiger partial charge on any atom is 0.340 e. The molecule has 3 aromatic carbocycles. The molecule has 0 aliphatic rings. The number of phenols is 1. The van der Waals surface area contributed by atoms with E-state index in [2.05, 4.69) is 16.7 Å². The Bertz CT molecular complexity index is 1220. The number of nitrogens with zero attached hydrogens (tertiary/aromatic N) is 1. The summed E-state index contributed by atoms with van der Waals surface area (Å²) in [5.41, 5.74) is 5.05. The van der Waals surface area contributed by atoms with Crippen LogP contribution in [0.2, 0.25) is 0 Å². The van der Waals surface area contributed by atoms with E-state index >= 15 is 0 Å². The number of carbonyl (C=O) groups is 1. The molecular weight excluding hydrogens is 350 g/mol. The highest BCUT2D eigenvalue weighted by molar-refractivity contribution is 6.18. The summed E-state index contributed by atoms with van der Waals surface area (Å²) in [6, 6.07) is 16.0. The van der Waals surface area contributed by atoms with Gasteiger partial charge >= 0.3 is 5.97 Å². The summed E-state index contributed by atoms with van der Waals surface area (Å²) in [6.07, 6.45) is 0. The van der Waals surface area contributed by atoms with Crippen molar-refractivity contribution in [3.63, 3.8) is 0 Å². The lowest BCUT2D eigenvalue weighted by atomic mass is 9.98. The normalized spacial score (nSPS) is 11.3. The van der Waals surface area contributed by atoms with Crippen molar-refractivity contribution in [1.29, 1.82) is 0 Å². The van der Waals surface area contributed by atoms with Crippen LogP contribution in [0.3, 0.4) is 0 Å². The van der Waals surface area contributed by atoms with E-state index in [4.69, 9.17) is 4.74 Å². The Morgan fingerprint density at radius 1 is 1.00 bits per heavy atom. The quantitative estimate of drug-likeness (QED) is 0.476. The van der Waals surface area contributed by atoms with Gasteiger partial charge in [0.1, 0.15) is 5.75 Å². The van der Waals surface area contributed by atoms with Crippen LogP contribution >= 0.6 is 0 Å². The van der Waals surface area contributed by atoms with Crippen LogP contribution in [-0.4, -0.2) is 22.2 Å². The number of aromatic nitrogens is 1. The molecule has 4 rings (SSSR count). The number of benzene rings is 3. The van der Waals surface area contributed by atoms with Crippen LogP contribution in [0.4, 0.5) is 0 Å². The van der Waals surface area contributed by atoms with Crippen LogP contribution in [-0.2, 0) is 4.74 Å². The SMILES string of the molecule is CCOC(=O)c1c(C)n(-c2ccc(C)cc2)c2c1c(C)c(O)c1ccccc12. The summed E-state index contributed by atoms with van der Waals surface area (Å²) in [5.74, 6) is -0.164. The molecule has 1 N–H and O–H groups in total. The maximum atomic E-state index is 12.9. The van der Waals surface area contributed by atoms with Gasteiger partial charge in [0.15, 0.2) is 0 Å². The summed E-state index contributed by atoms with van der Waals surface area (Å²) >= 11 is 0. The molecule has 4 aromatic rings. The van der Waals surface area contributed by atoms with Gasteiger partial charge in [-0.2, -0.15) is 0 Å². The molecule has 0 radical (unpaired) electrons. The number of hydrogen-bond donors (Lipinski definition) is 1. The van der Waals surface area contributed by atoms with Crippen LogP contribution < -0.4 is 0 Å². The molecule has 0 saturated carbocycles. The van der Waals surface area contributed by atoms with Crippen LogP contribution in [0.1, 0.15) is 34.1 Å². The first-order chi connectivity index (χ1) is 13.5. The fourth-order valence-corrected chi connectivity index (χ4v) is 4.00. The van der Waals surface area contributed by atoms with Crippen LogP contribution in [0, 0.1) is 20.8 Å². The van der Waals surface area contributed by atoms with Gasteiger partial charge in [-0.15, -0.1) is 0 Å². The van der Waals surface area contributed by atoms with Crippen molar-refractivity contribution in [2.75, 3.05) is 6.61 Å². The average molecular weight is 373 g/mol. The number of fused-ring (bicyclic) bond motifs is 3. The molecule has 0 unspecified atom stereocenters. The van der Waals surface area contributed by atoms with Crippen molar-refractivity contribution < 1.29 is 14.6 Å². The van der Waals surface area contributed by atoms with Gasteiger partial charge in [0.05, 0.1) is 17.7 Å². The third kappa shape index (κ3) is 2.56. The van der Waals surface area contributed by atoms with Crippen molar-refractivity contribution >= 4 is 27.6 Å². The average Bonchev–Trinajstić information content (AvgIpc) is 3.00. The van der Waals surface area contributed by atoms with Crippen molar-refractivity contribution in [3.05, 3.63) is 70.9 Å². The number of rotatable bonds is 3. The molecule has 142 valence electrons. The Balaban J connectivity index is 2.24. The van der Waals surface area contributed by atoms with E-state index in [1.165, 1.54) is 5.56 Å². The van der Waals surface area contributed by atoms with E-state index in [0.717, 1.165) is 33.1 Å². The summed E-state index contributed by atoms with van der Waals surface area (Å²) in [5, 5.41) is 13.3.